The summed E-state index contributed by atoms with van der Waals surface area (Å²) in [6.45, 7) is 3.58. The predicted octanol–water partition coefficient (Wildman–Crippen LogP) is 3.50. The molecule has 120 valence electrons. The average Bonchev–Trinajstić information content (AvgIpc) is 3.05. The maximum absolute atomic E-state index is 12.2. The smallest absolute Gasteiger partial charge is 0.323 e. The lowest BCUT2D eigenvalue weighted by atomic mass is 9.80. The van der Waals surface area contributed by atoms with Crippen LogP contribution < -0.4 is 0 Å². The van der Waals surface area contributed by atoms with Gasteiger partial charge in [-0.15, -0.1) is 5.73 Å². The van der Waals surface area contributed by atoms with Gasteiger partial charge in [-0.25, -0.2) is 0 Å². The number of esters is 2. The van der Waals surface area contributed by atoms with E-state index in [1.54, 1.807) is 24.3 Å². The minimum Gasteiger partial charge on any atom is -0.468 e. The summed E-state index contributed by atoms with van der Waals surface area (Å²) in [5, 5.41) is 0. The SMILES string of the molecule is C=C/C=C/CC(CC=C=C1CCCC1)(C(=O)OC)C(=O)OC. The van der Waals surface area contributed by atoms with Crippen LogP contribution in [0.4, 0.5) is 0 Å². The van der Waals surface area contributed by atoms with E-state index >= 15 is 0 Å². The van der Waals surface area contributed by atoms with Crippen LogP contribution in [0.1, 0.15) is 38.5 Å². The molecule has 0 amide bonds. The molecular weight excluding hydrogens is 280 g/mol. The molecule has 4 nitrogen and oxygen atoms in total. The number of rotatable bonds is 7. The third-order valence-electron chi connectivity index (χ3n) is 3.85. The summed E-state index contributed by atoms with van der Waals surface area (Å²) < 4.78 is 9.68. The Kier molecular flexibility index (Phi) is 7.41. The molecule has 0 aromatic rings. The first-order valence-electron chi connectivity index (χ1n) is 7.48. The van der Waals surface area contributed by atoms with E-state index in [9.17, 15) is 9.59 Å². The van der Waals surface area contributed by atoms with Gasteiger partial charge in [0.15, 0.2) is 5.41 Å². The molecule has 0 bridgehead atoms. The zero-order valence-electron chi connectivity index (χ0n) is 13.4. The van der Waals surface area contributed by atoms with E-state index in [2.05, 4.69) is 12.3 Å². The molecule has 0 N–H and O–H groups in total. The summed E-state index contributed by atoms with van der Waals surface area (Å²) in [5.74, 6) is -1.19. The zero-order valence-corrected chi connectivity index (χ0v) is 13.4. The van der Waals surface area contributed by atoms with Crippen molar-refractivity contribution in [2.24, 2.45) is 5.41 Å². The molecule has 0 aromatic carbocycles. The summed E-state index contributed by atoms with van der Waals surface area (Å²) in [6, 6.07) is 0. The van der Waals surface area contributed by atoms with Crippen molar-refractivity contribution in [3.63, 3.8) is 0 Å². The average molecular weight is 304 g/mol. The van der Waals surface area contributed by atoms with Crippen LogP contribution in [0.3, 0.4) is 0 Å². The van der Waals surface area contributed by atoms with Gasteiger partial charge in [0.05, 0.1) is 14.2 Å². The topological polar surface area (TPSA) is 52.6 Å². The largest absolute Gasteiger partial charge is 0.468 e. The molecule has 0 saturated heterocycles. The first kappa shape index (κ1) is 18.0. The van der Waals surface area contributed by atoms with Crippen LogP contribution in [0.2, 0.25) is 0 Å². The number of hydrogen-bond acceptors (Lipinski definition) is 4. The van der Waals surface area contributed by atoms with E-state index < -0.39 is 17.4 Å². The Balaban J connectivity index is 3.07. The number of hydrogen-bond donors (Lipinski definition) is 0. The number of allylic oxidation sites excluding steroid dienone is 4. The van der Waals surface area contributed by atoms with Crippen molar-refractivity contribution in [3.8, 4) is 0 Å². The van der Waals surface area contributed by atoms with E-state index in [0.29, 0.717) is 0 Å². The molecule has 1 aliphatic rings. The molecule has 0 unspecified atom stereocenters. The Morgan fingerprint density at radius 1 is 1.18 bits per heavy atom. The molecule has 0 heterocycles. The molecule has 0 spiro atoms. The Hall–Kier alpha value is -2.06. The minimum atomic E-state index is -1.37. The number of ether oxygens (including phenoxy) is 2. The molecule has 1 fully saturated rings. The Morgan fingerprint density at radius 3 is 2.27 bits per heavy atom. The highest BCUT2D eigenvalue weighted by Gasteiger charge is 2.46. The second kappa shape index (κ2) is 9.06. The molecule has 0 aliphatic heterocycles. The third kappa shape index (κ3) is 4.47. The van der Waals surface area contributed by atoms with E-state index in [0.717, 1.165) is 12.8 Å². The van der Waals surface area contributed by atoms with Crippen LogP contribution in [-0.2, 0) is 19.1 Å². The van der Waals surface area contributed by atoms with Crippen molar-refractivity contribution in [1.29, 1.82) is 0 Å². The predicted molar refractivity (Wildman–Crippen MR) is 85.1 cm³/mol. The summed E-state index contributed by atoms with van der Waals surface area (Å²) >= 11 is 0. The van der Waals surface area contributed by atoms with Crippen LogP contribution >= 0.6 is 0 Å². The molecule has 1 aliphatic carbocycles. The Labute approximate surface area is 132 Å². The van der Waals surface area contributed by atoms with Gasteiger partial charge in [0.25, 0.3) is 0 Å². The summed E-state index contributed by atoms with van der Waals surface area (Å²) in [6.07, 6.45) is 11.6. The van der Waals surface area contributed by atoms with Crippen LogP contribution in [0.25, 0.3) is 0 Å². The quantitative estimate of drug-likeness (QED) is 0.313. The molecule has 0 atom stereocenters. The van der Waals surface area contributed by atoms with Gasteiger partial charge in [0, 0.05) is 0 Å². The van der Waals surface area contributed by atoms with Gasteiger partial charge >= 0.3 is 11.9 Å². The van der Waals surface area contributed by atoms with Crippen molar-refractivity contribution in [3.05, 3.63) is 42.2 Å². The molecular formula is C18H24O4. The van der Waals surface area contributed by atoms with Gasteiger partial charge in [-0.1, -0.05) is 24.8 Å². The molecule has 1 saturated carbocycles. The maximum Gasteiger partial charge on any atom is 0.323 e. The summed E-state index contributed by atoms with van der Waals surface area (Å²) in [7, 11) is 2.55. The summed E-state index contributed by atoms with van der Waals surface area (Å²) in [5.41, 5.74) is 3.09. The van der Waals surface area contributed by atoms with Crippen molar-refractivity contribution in [2.75, 3.05) is 14.2 Å². The van der Waals surface area contributed by atoms with Gasteiger partial charge in [-0.2, -0.15) is 0 Å². The van der Waals surface area contributed by atoms with Crippen molar-refractivity contribution in [1.82, 2.24) is 0 Å². The maximum atomic E-state index is 12.2. The molecule has 0 radical (unpaired) electrons. The van der Waals surface area contributed by atoms with Crippen LogP contribution in [0.5, 0.6) is 0 Å². The summed E-state index contributed by atoms with van der Waals surface area (Å²) in [4.78, 5) is 24.4. The normalized spacial score (nSPS) is 14.5. The third-order valence-corrected chi connectivity index (χ3v) is 3.85. The van der Waals surface area contributed by atoms with Crippen LogP contribution in [0, 0.1) is 5.41 Å². The van der Waals surface area contributed by atoms with Crippen molar-refractivity contribution < 1.29 is 19.1 Å². The lowest BCUT2D eigenvalue weighted by Crippen LogP contribution is -2.40. The second-order valence-electron chi connectivity index (χ2n) is 5.30. The first-order chi connectivity index (χ1) is 10.6. The van der Waals surface area contributed by atoms with Crippen LogP contribution in [-0.4, -0.2) is 26.2 Å². The van der Waals surface area contributed by atoms with E-state index in [-0.39, 0.29) is 12.8 Å². The lowest BCUT2D eigenvalue weighted by Gasteiger charge is -2.25. The second-order valence-corrected chi connectivity index (χ2v) is 5.30. The monoisotopic (exact) mass is 304 g/mol. The van der Waals surface area contributed by atoms with E-state index in [1.165, 1.54) is 32.6 Å². The Morgan fingerprint density at radius 2 is 1.77 bits per heavy atom. The number of carbonyl (C=O) groups excluding carboxylic acids is 2. The standard InChI is InChI=1S/C18H24O4/c1-4-5-8-13-18(16(19)21-2,17(20)22-3)14-9-12-15-10-6-7-11-15/h4-5,8-9H,1,6-7,10-11,13-14H2,2-3H3/b8-5+. The highest BCUT2D eigenvalue weighted by Crippen LogP contribution is 2.32. The molecule has 22 heavy (non-hydrogen) atoms. The molecule has 4 heteroatoms. The van der Waals surface area contributed by atoms with Gasteiger partial charge < -0.3 is 9.47 Å². The fourth-order valence-electron chi connectivity index (χ4n) is 2.57. The van der Waals surface area contributed by atoms with E-state index in [4.69, 9.17) is 9.47 Å². The molecule has 1 rings (SSSR count). The fraction of sp³-hybridized carbons (Fsp3) is 0.500. The van der Waals surface area contributed by atoms with Gasteiger partial charge in [0.2, 0.25) is 0 Å². The Bertz CT molecular complexity index is 483. The zero-order chi connectivity index (χ0) is 16.4. The highest BCUT2D eigenvalue weighted by molar-refractivity contribution is 6.00. The number of carbonyl (C=O) groups is 2. The fourth-order valence-corrected chi connectivity index (χ4v) is 2.57. The molecule has 0 aromatic heterocycles. The van der Waals surface area contributed by atoms with Crippen LogP contribution in [0.15, 0.2) is 42.2 Å². The lowest BCUT2D eigenvalue weighted by molar-refractivity contribution is -0.168. The highest BCUT2D eigenvalue weighted by atomic mass is 16.5. The van der Waals surface area contributed by atoms with Gasteiger partial charge in [-0.3, -0.25) is 9.59 Å². The van der Waals surface area contributed by atoms with Gasteiger partial charge in [-0.05, 0) is 50.2 Å². The van der Waals surface area contributed by atoms with Gasteiger partial charge in [0.1, 0.15) is 0 Å². The van der Waals surface area contributed by atoms with Crippen molar-refractivity contribution in [2.45, 2.75) is 38.5 Å². The first-order valence-corrected chi connectivity index (χ1v) is 7.48. The minimum absolute atomic E-state index is 0.200. The van der Waals surface area contributed by atoms with E-state index in [1.807, 2.05) is 0 Å². The van der Waals surface area contributed by atoms with Crippen molar-refractivity contribution >= 4 is 11.9 Å². The number of methoxy groups -OCH3 is 2.